The van der Waals surface area contributed by atoms with Gasteiger partial charge in [-0.25, -0.2) is 13.1 Å². The highest BCUT2D eigenvalue weighted by atomic mass is 32.2. The Morgan fingerprint density at radius 3 is 2.43 bits per heavy atom. The van der Waals surface area contributed by atoms with Gasteiger partial charge in [-0.2, -0.15) is 11.8 Å². The standard InChI is InChI=1S/C15H26N2O2S2/c1-12-10-14(11-15(16)13(12)2)21(18,19)17-8-6-4-5-7-9-20-3/h10-11,17H,4-9,16H2,1-3H3. The molecule has 0 aliphatic rings. The van der Waals surface area contributed by atoms with Crippen LogP contribution in [-0.2, 0) is 10.0 Å². The molecule has 1 rings (SSSR count). The number of sulfonamides is 1. The molecule has 3 N–H and O–H groups in total. The lowest BCUT2D eigenvalue weighted by atomic mass is 10.1. The minimum Gasteiger partial charge on any atom is -0.398 e. The molecule has 21 heavy (non-hydrogen) atoms. The van der Waals surface area contributed by atoms with Crippen molar-refractivity contribution in [2.24, 2.45) is 0 Å². The van der Waals surface area contributed by atoms with Crippen molar-refractivity contribution in [2.45, 2.75) is 44.4 Å². The molecule has 0 saturated carbocycles. The van der Waals surface area contributed by atoms with Gasteiger partial charge in [-0.1, -0.05) is 12.8 Å². The van der Waals surface area contributed by atoms with Crippen molar-refractivity contribution >= 4 is 27.5 Å². The highest BCUT2D eigenvalue weighted by Crippen LogP contribution is 2.21. The Hall–Kier alpha value is -0.720. The number of benzene rings is 1. The summed E-state index contributed by atoms with van der Waals surface area (Å²) in [5.74, 6) is 1.17. The Kier molecular flexibility index (Phi) is 7.56. The normalized spacial score (nSPS) is 11.8. The highest BCUT2D eigenvalue weighted by molar-refractivity contribution is 7.98. The molecule has 0 heterocycles. The van der Waals surface area contributed by atoms with Gasteiger partial charge in [0.25, 0.3) is 0 Å². The van der Waals surface area contributed by atoms with Crippen LogP contribution in [0.15, 0.2) is 17.0 Å². The molecule has 120 valence electrons. The van der Waals surface area contributed by atoms with Gasteiger partial charge in [0.15, 0.2) is 0 Å². The van der Waals surface area contributed by atoms with Crippen LogP contribution in [0.1, 0.15) is 36.8 Å². The van der Waals surface area contributed by atoms with E-state index in [1.165, 1.54) is 18.2 Å². The van der Waals surface area contributed by atoms with Crippen molar-refractivity contribution < 1.29 is 8.42 Å². The van der Waals surface area contributed by atoms with Crippen molar-refractivity contribution in [1.82, 2.24) is 4.72 Å². The predicted octanol–water partition coefficient (Wildman–Crippen LogP) is 3.09. The molecule has 1 aromatic carbocycles. The fourth-order valence-corrected chi connectivity index (χ4v) is 3.71. The van der Waals surface area contributed by atoms with E-state index in [9.17, 15) is 8.42 Å². The Labute approximate surface area is 132 Å². The first-order valence-electron chi connectivity index (χ1n) is 7.24. The number of unbranched alkanes of at least 4 members (excludes halogenated alkanes) is 3. The second-order valence-corrected chi connectivity index (χ2v) is 8.01. The second-order valence-electron chi connectivity index (χ2n) is 5.26. The minimum absolute atomic E-state index is 0.255. The maximum absolute atomic E-state index is 12.2. The number of aryl methyl sites for hydroxylation is 1. The van der Waals surface area contributed by atoms with Crippen LogP contribution < -0.4 is 10.5 Å². The van der Waals surface area contributed by atoms with Gasteiger partial charge in [0, 0.05) is 12.2 Å². The second kappa shape index (κ2) is 8.66. The zero-order chi connectivity index (χ0) is 15.9. The Bertz CT molecular complexity index is 534. The molecule has 0 aliphatic heterocycles. The lowest BCUT2D eigenvalue weighted by molar-refractivity contribution is 0.574. The van der Waals surface area contributed by atoms with Gasteiger partial charge in [-0.3, -0.25) is 0 Å². The van der Waals surface area contributed by atoms with Crippen LogP contribution in [0.3, 0.4) is 0 Å². The quantitative estimate of drug-likeness (QED) is 0.539. The fourth-order valence-electron chi connectivity index (χ4n) is 2.02. The summed E-state index contributed by atoms with van der Waals surface area (Å²) in [6, 6.07) is 3.20. The molecule has 0 saturated heterocycles. The van der Waals surface area contributed by atoms with Crippen LogP contribution in [-0.4, -0.2) is 27.0 Å². The van der Waals surface area contributed by atoms with Crippen molar-refractivity contribution in [3.8, 4) is 0 Å². The van der Waals surface area contributed by atoms with Crippen molar-refractivity contribution in [3.05, 3.63) is 23.3 Å². The predicted molar refractivity (Wildman–Crippen MR) is 92.4 cm³/mol. The first kappa shape index (κ1) is 18.3. The van der Waals surface area contributed by atoms with Crippen LogP contribution in [0.5, 0.6) is 0 Å². The summed E-state index contributed by atoms with van der Waals surface area (Å²) in [6.07, 6.45) is 6.37. The largest absolute Gasteiger partial charge is 0.398 e. The number of hydrogen-bond donors (Lipinski definition) is 2. The molecule has 1 aromatic rings. The molecule has 0 radical (unpaired) electrons. The van der Waals surface area contributed by atoms with Gasteiger partial charge in [0.2, 0.25) is 10.0 Å². The van der Waals surface area contributed by atoms with Gasteiger partial charge < -0.3 is 5.73 Å². The smallest absolute Gasteiger partial charge is 0.240 e. The molecule has 0 aliphatic carbocycles. The summed E-state index contributed by atoms with van der Waals surface area (Å²) in [4.78, 5) is 0.255. The number of nitrogen functional groups attached to an aromatic ring is 1. The average molecular weight is 331 g/mol. The lowest BCUT2D eigenvalue weighted by Gasteiger charge is -2.11. The van der Waals surface area contributed by atoms with E-state index in [4.69, 9.17) is 5.73 Å². The zero-order valence-electron chi connectivity index (χ0n) is 13.1. The van der Waals surface area contributed by atoms with Gasteiger partial charge >= 0.3 is 0 Å². The van der Waals surface area contributed by atoms with Gasteiger partial charge in [0.1, 0.15) is 0 Å². The molecular weight excluding hydrogens is 304 g/mol. The molecule has 4 nitrogen and oxygen atoms in total. The van der Waals surface area contributed by atoms with Crippen molar-refractivity contribution in [3.63, 3.8) is 0 Å². The number of thioether (sulfide) groups is 1. The van der Waals surface area contributed by atoms with Crippen LogP contribution in [0.25, 0.3) is 0 Å². The summed E-state index contributed by atoms with van der Waals surface area (Å²) in [5, 5.41) is 0. The molecule has 0 aromatic heterocycles. The third kappa shape index (κ3) is 5.88. The summed E-state index contributed by atoms with van der Waals surface area (Å²) >= 11 is 1.85. The molecule has 0 amide bonds. The van der Waals surface area contributed by atoms with E-state index in [1.54, 1.807) is 6.07 Å². The van der Waals surface area contributed by atoms with Crippen molar-refractivity contribution in [2.75, 3.05) is 24.3 Å². The van der Waals surface area contributed by atoms with Gasteiger partial charge in [-0.15, -0.1) is 0 Å². The lowest BCUT2D eigenvalue weighted by Crippen LogP contribution is -2.25. The molecule has 0 atom stereocenters. The SMILES string of the molecule is CSCCCCCCNS(=O)(=O)c1cc(C)c(C)c(N)c1. The number of nitrogens with two attached hydrogens (primary N) is 1. The third-order valence-corrected chi connectivity index (χ3v) is 5.70. The van der Waals surface area contributed by atoms with E-state index >= 15 is 0 Å². The molecular formula is C15H26N2O2S2. The Morgan fingerprint density at radius 2 is 1.81 bits per heavy atom. The molecule has 0 bridgehead atoms. The first-order valence-corrected chi connectivity index (χ1v) is 10.1. The van der Waals surface area contributed by atoms with E-state index in [2.05, 4.69) is 11.0 Å². The minimum atomic E-state index is -3.45. The number of nitrogens with one attached hydrogen (secondary N) is 1. The summed E-state index contributed by atoms with van der Waals surface area (Å²) in [7, 11) is -3.45. The molecule has 0 fully saturated rings. The monoisotopic (exact) mass is 330 g/mol. The van der Waals surface area contributed by atoms with E-state index in [-0.39, 0.29) is 4.90 Å². The summed E-state index contributed by atoms with van der Waals surface area (Å²) < 4.78 is 27.1. The molecule has 6 heteroatoms. The third-order valence-electron chi connectivity index (χ3n) is 3.56. The van der Waals surface area contributed by atoms with E-state index in [0.29, 0.717) is 12.2 Å². The Balaban J connectivity index is 2.51. The van der Waals surface area contributed by atoms with Crippen LogP contribution in [0.4, 0.5) is 5.69 Å². The van der Waals surface area contributed by atoms with Gasteiger partial charge in [0.05, 0.1) is 4.90 Å². The van der Waals surface area contributed by atoms with Crippen LogP contribution in [0.2, 0.25) is 0 Å². The van der Waals surface area contributed by atoms with Crippen LogP contribution >= 0.6 is 11.8 Å². The summed E-state index contributed by atoms with van der Waals surface area (Å²) in [5.41, 5.74) is 8.20. The van der Waals surface area contributed by atoms with E-state index in [1.807, 2.05) is 25.6 Å². The Morgan fingerprint density at radius 1 is 1.14 bits per heavy atom. The maximum atomic E-state index is 12.2. The van der Waals surface area contributed by atoms with Crippen molar-refractivity contribution in [1.29, 1.82) is 0 Å². The number of anilines is 1. The topological polar surface area (TPSA) is 72.2 Å². The molecule has 0 unspecified atom stereocenters. The highest BCUT2D eigenvalue weighted by Gasteiger charge is 2.15. The average Bonchev–Trinajstić information content (AvgIpc) is 2.43. The first-order chi connectivity index (χ1) is 9.88. The molecule has 0 spiro atoms. The fraction of sp³-hybridized carbons (Fsp3) is 0.600. The van der Waals surface area contributed by atoms with Gasteiger partial charge in [-0.05, 0) is 62.0 Å². The van der Waals surface area contributed by atoms with Crippen LogP contribution in [0, 0.1) is 13.8 Å². The van der Waals surface area contributed by atoms with E-state index < -0.39 is 10.0 Å². The number of hydrogen-bond acceptors (Lipinski definition) is 4. The number of rotatable bonds is 9. The van der Waals surface area contributed by atoms with E-state index in [0.717, 1.165) is 30.4 Å². The zero-order valence-corrected chi connectivity index (χ0v) is 14.7. The maximum Gasteiger partial charge on any atom is 0.240 e. The summed E-state index contributed by atoms with van der Waals surface area (Å²) in [6.45, 7) is 4.24.